The molecule has 6 heteroatoms. The number of hydrogen-bond acceptors (Lipinski definition) is 6. The fraction of sp³-hybridized carbons (Fsp3) is 0.118. The van der Waals surface area contributed by atoms with Crippen LogP contribution in [0.15, 0.2) is 121 Å². The monoisotopic (exact) mass is 536 g/mol. The Kier molecular flexibility index (Phi) is 12.6. The van der Waals surface area contributed by atoms with Crippen LogP contribution in [0.5, 0.6) is 11.5 Å². The predicted molar refractivity (Wildman–Crippen MR) is 158 cm³/mol. The summed E-state index contributed by atoms with van der Waals surface area (Å²) >= 11 is 0. The third-order valence-corrected chi connectivity index (χ3v) is 5.42. The molecule has 0 saturated carbocycles. The zero-order valence-electron chi connectivity index (χ0n) is 22.6. The standard InChI is InChI=1S/2C17H16O3/c1-19-13-20-16-10-8-15(9-11-16)17(18)12-7-14-5-3-2-4-6-14;1-19-13-20-16-10-7-14(8-11-16)9-12-17(18)15-5-3-2-4-6-15/h2*2-12H,13H2,1H3/b12-7+;12-9+. The lowest BCUT2D eigenvalue weighted by Gasteiger charge is -2.04. The number of carbonyl (C=O) groups is 2. The van der Waals surface area contributed by atoms with Crippen molar-refractivity contribution in [3.05, 3.63) is 144 Å². The average Bonchev–Trinajstić information content (AvgIpc) is 3.02. The van der Waals surface area contributed by atoms with Gasteiger partial charge in [-0.1, -0.05) is 84.9 Å². The Morgan fingerprint density at radius 2 is 0.925 bits per heavy atom. The van der Waals surface area contributed by atoms with Gasteiger partial charge < -0.3 is 18.9 Å². The van der Waals surface area contributed by atoms with Gasteiger partial charge in [0.05, 0.1) is 0 Å². The van der Waals surface area contributed by atoms with Crippen molar-refractivity contribution in [1.29, 1.82) is 0 Å². The smallest absolute Gasteiger partial charge is 0.188 e. The van der Waals surface area contributed by atoms with Crippen LogP contribution in [0.4, 0.5) is 0 Å². The van der Waals surface area contributed by atoms with E-state index in [2.05, 4.69) is 0 Å². The molecule has 0 atom stereocenters. The highest BCUT2D eigenvalue weighted by molar-refractivity contribution is 6.07. The van der Waals surface area contributed by atoms with Gasteiger partial charge in [0.25, 0.3) is 0 Å². The van der Waals surface area contributed by atoms with Gasteiger partial charge in [-0.2, -0.15) is 0 Å². The van der Waals surface area contributed by atoms with E-state index in [9.17, 15) is 9.59 Å². The maximum Gasteiger partial charge on any atom is 0.188 e. The lowest BCUT2D eigenvalue weighted by atomic mass is 10.1. The van der Waals surface area contributed by atoms with E-state index in [1.165, 1.54) is 0 Å². The van der Waals surface area contributed by atoms with E-state index in [0.717, 1.165) is 16.9 Å². The van der Waals surface area contributed by atoms with E-state index in [0.29, 0.717) is 16.9 Å². The number of allylic oxidation sites excluding steroid dienone is 2. The van der Waals surface area contributed by atoms with E-state index in [1.54, 1.807) is 74.9 Å². The molecule has 4 rings (SSSR count). The Bertz CT molecular complexity index is 1360. The zero-order valence-corrected chi connectivity index (χ0v) is 22.6. The molecule has 4 aromatic carbocycles. The number of hydrogen-bond donors (Lipinski definition) is 0. The zero-order chi connectivity index (χ0) is 28.4. The fourth-order valence-electron chi connectivity index (χ4n) is 3.35. The molecule has 204 valence electrons. The minimum Gasteiger partial charge on any atom is -0.468 e. The van der Waals surface area contributed by atoms with Crippen LogP contribution < -0.4 is 9.47 Å². The molecule has 0 saturated heterocycles. The van der Waals surface area contributed by atoms with E-state index in [1.807, 2.05) is 72.8 Å². The third kappa shape index (κ3) is 10.5. The molecule has 0 aliphatic carbocycles. The number of methoxy groups -OCH3 is 2. The summed E-state index contributed by atoms with van der Waals surface area (Å²) in [4.78, 5) is 23.9. The van der Waals surface area contributed by atoms with E-state index in [4.69, 9.17) is 18.9 Å². The van der Waals surface area contributed by atoms with E-state index < -0.39 is 0 Å². The van der Waals surface area contributed by atoms with Gasteiger partial charge >= 0.3 is 0 Å². The molecule has 40 heavy (non-hydrogen) atoms. The van der Waals surface area contributed by atoms with Crippen molar-refractivity contribution in [2.45, 2.75) is 0 Å². The highest BCUT2D eigenvalue weighted by atomic mass is 16.7. The third-order valence-electron chi connectivity index (χ3n) is 5.42. The molecule has 0 radical (unpaired) electrons. The largest absolute Gasteiger partial charge is 0.468 e. The first-order valence-corrected chi connectivity index (χ1v) is 12.6. The average molecular weight is 537 g/mol. The van der Waals surface area contributed by atoms with Crippen LogP contribution in [0.25, 0.3) is 12.2 Å². The van der Waals surface area contributed by atoms with Gasteiger partial charge in [-0.05, 0) is 59.7 Å². The second kappa shape index (κ2) is 16.9. The Hall–Kier alpha value is -4.78. The minimum absolute atomic E-state index is 0.00897. The molecular weight excluding hydrogens is 504 g/mol. The number of rotatable bonds is 12. The topological polar surface area (TPSA) is 71.1 Å². The van der Waals surface area contributed by atoms with Crippen LogP contribution in [0.2, 0.25) is 0 Å². The second-order valence-electron chi connectivity index (χ2n) is 8.37. The number of benzene rings is 4. The van der Waals surface area contributed by atoms with Crippen molar-refractivity contribution in [3.8, 4) is 11.5 Å². The van der Waals surface area contributed by atoms with Crippen LogP contribution in [0.1, 0.15) is 31.8 Å². The Morgan fingerprint density at radius 3 is 1.40 bits per heavy atom. The molecule has 4 aromatic rings. The van der Waals surface area contributed by atoms with E-state index >= 15 is 0 Å². The van der Waals surface area contributed by atoms with Crippen molar-refractivity contribution in [3.63, 3.8) is 0 Å². The van der Waals surface area contributed by atoms with Crippen LogP contribution in [-0.2, 0) is 9.47 Å². The molecule has 0 spiro atoms. The summed E-state index contributed by atoms with van der Waals surface area (Å²) < 4.78 is 20.2. The lowest BCUT2D eigenvalue weighted by molar-refractivity contribution is 0.0509. The number of ether oxygens (including phenoxy) is 4. The summed E-state index contributed by atoms with van der Waals surface area (Å²) in [5.74, 6) is 1.37. The van der Waals surface area contributed by atoms with Gasteiger partial charge in [0, 0.05) is 25.3 Å². The summed E-state index contributed by atoms with van der Waals surface area (Å²) in [6.45, 7) is 0.420. The molecule has 0 aliphatic heterocycles. The summed E-state index contributed by atoms with van der Waals surface area (Å²) in [7, 11) is 3.14. The van der Waals surface area contributed by atoms with Gasteiger partial charge in [0.2, 0.25) is 0 Å². The highest BCUT2D eigenvalue weighted by Gasteiger charge is 2.02. The molecule has 0 fully saturated rings. The predicted octanol–water partition coefficient (Wildman–Crippen LogP) is 7.13. The lowest BCUT2D eigenvalue weighted by Crippen LogP contribution is -1.99. The summed E-state index contributed by atoms with van der Waals surface area (Å²) in [5.41, 5.74) is 3.26. The maximum absolute atomic E-state index is 12.0. The van der Waals surface area contributed by atoms with Gasteiger partial charge in [-0.3, -0.25) is 9.59 Å². The van der Waals surface area contributed by atoms with Crippen molar-refractivity contribution < 1.29 is 28.5 Å². The van der Waals surface area contributed by atoms with Gasteiger partial charge in [-0.15, -0.1) is 0 Å². The molecule has 0 heterocycles. The quantitative estimate of drug-likeness (QED) is 0.109. The Labute approximate surface area is 235 Å². The summed E-state index contributed by atoms with van der Waals surface area (Å²) in [6.07, 6.45) is 6.73. The first-order valence-electron chi connectivity index (χ1n) is 12.6. The van der Waals surface area contributed by atoms with Crippen molar-refractivity contribution in [2.24, 2.45) is 0 Å². The number of ketones is 2. The molecule has 0 N–H and O–H groups in total. The van der Waals surface area contributed by atoms with Gasteiger partial charge in [0.1, 0.15) is 11.5 Å². The SMILES string of the molecule is COCOc1ccc(/C=C/C(=O)c2ccccc2)cc1.COCOc1ccc(C(=O)/C=C/c2ccccc2)cc1. The summed E-state index contributed by atoms with van der Waals surface area (Å²) in [6, 6.07) is 33.3. The van der Waals surface area contributed by atoms with Crippen LogP contribution in [-0.4, -0.2) is 39.4 Å². The molecular formula is C34H32O6. The number of carbonyl (C=O) groups excluding carboxylic acids is 2. The van der Waals surface area contributed by atoms with Gasteiger partial charge in [0.15, 0.2) is 25.2 Å². The van der Waals surface area contributed by atoms with Gasteiger partial charge in [-0.25, -0.2) is 0 Å². The maximum atomic E-state index is 12.0. The molecule has 0 amide bonds. The molecule has 0 bridgehead atoms. The summed E-state index contributed by atoms with van der Waals surface area (Å²) in [5, 5.41) is 0. The van der Waals surface area contributed by atoms with Crippen molar-refractivity contribution in [2.75, 3.05) is 27.8 Å². The van der Waals surface area contributed by atoms with Crippen LogP contribution in [0, 0.1) is 0 Å². The molecule has 0 aliphatic rings. The van der Waals surface area contributed by atoms with Crippen molar-refractivity contribution in [1.82, 2.24) is 0 Å². The highest BCUT2D eigenvalue weighted by Crippen LogP contribution is 2.15. The van der Waals surface area contributed by atoms with Crippen LogP contribution >= 0.6 is 0 Å². The Balaban J connectivity index is 0.000000220. The van der Waals surface area contributed by atoms with Crippen LogP contribution in [0.3, 0.4) is 0 Å². The molecule has 6 nitrogen and oxygen atoms in total. The second-order valence-corrected chi connectivity index (χ2v) is 8.37. The first kappa shape index (κ1) is 29.8. The normalized spacial score (nSPS) is 10.7. The molecule has 0 unspecified atom stereocenters. The fourth-order valence-corrected chi connectivity index (χ4v) is 3.35. The first-order chi connectivity index (χ1) is 19.6. The van der Waals surface area contributed by atoms with Crippen molar-refractivity contribution >= 4 is 23.7 Å². The Morgan fingerprint density at radius 1 is 0.525 bits per heavy atom. The molecule has 0 aromatic heterocycles. The van der Waals surface area contributed by atoms with E-state index in [-0.39, 0.29) is 25.2 Å². The minimum atomic E-state index is -0.0351.